The molecule has 0 saturated heterocycles. The van der Waals surface area contributed by atoms with Crippen LogP contribution in [0.25, 0.3) is 10.9 Å². The zero-order valence-corrected chi connectivity index (χ0v) is 11.4. The van der Waals surface area contributed by atoms with Gasteiger partial charge in [-0.05, 0) is 18.2 Å². The minimum Gasteiger partial charge on any atom is -0.332 e. The molecule has 2 rings (SSSR count). The van der Waals surface area contributed by atoms with Gasteiger partial charge in [0.15, 0.2) is 0 Å². The van der Waals surface area contributed by atoms with Crippen molar-refractivity contribution in [3.05, 3.63) is 42.1 Å². The molecule has 0 unspecified atom stereocenters. The average Bonchev–Trinajstić information content (AvgIpc) is 2.45. The summed E-state index contributed by atoms with van der Waals surface area (Å²) in [6, 6.07) is 8.52. The Labute approximate surface area is 120 Å². The molecule has 1 amide bonds. The van der Waals surface area contributed by atoms with E-state index in [1.165, 1.54) is 0 Å². The highest BCUT2D eigenvalue weighted by molar-refractivity contribution is 6.18. The molecule has 0 spiro atoms. The molecular weight excluding hydrogens is 286 g/mol. The van der Waals surface area contributed by atoms with Crippen LogP contribution >= 0.6 is 11.6 Å². The van der Waals surface area contributed by atoms with E-state index in [4.69, 9.17) is 11.6 Å². The molecule has 1 aromatic heterocycles. The van der Waals surface area contributed by atoms with Crippen LogP contribution in [0.1, 0.15) is 10.4 Å². The molecule has 0 aliphatic rings. The largest absolute Gasteiger partial charge is 0.332 e. The third-order valence-corrected chi connectivity index (χ3v) is 3.05. The number of fused-ring (bicyclic) bond motifs is 1. The van der Waals surface area contributed by atoms with Gasteiger partial charge in [0.25, 0.3) is 12.3 Å². The van der Waals surface area contributed by atoms with E-state index >= 15 is 0 Å². The van der Waals surface area contributed by atoms with Gasteiger partial charge in [-0.3, -0.25) is 9.78 Å². The molecule has 0 atom stereocenters. The molecule has 0 aliphatic heterocycles. The molecule has 0 bridgehead atoms. The van der Waals surface area contributed by atoms with E-state index in [2.05, 4.69) is 4.98 Å². The van der Waals surface area contributed by atoms with Crippen molar-refractivity contribution in [2.24, 2.45) is 0 Å². The van der Waals surface area contributed by atoms with Crippen LogP contribution in [0.4, 0.5) is 8.78 Å². The number of carbonyl (C=O) groups excluding carboxylic acids is 1. The fraction of sp³-hybridized carbons (Fsp3) is 0.286. The summed E-state index contributed by atoms with van der Waals surface area (Å²) in [6.07, 6.45) is -0.970. The number of nitrogens with zero attached hydrogens (tertiary/aromatic N) is 2. The molecular formula is C14H13ClF2N2O. The standard InChI is InChI=1S/C14H13ClF2N2O/c15-6-8-19(9-13(16)17)14(20)11-3-1-5-12-10(11)4-2-7-18-12/h1-5,7,13H,6,8-9H2. The van der Waals surface area contributed by atoms with Gasteiger partial charge in [0, 0.05) is 29.6 Å². The van der Waals surface area contributed by atoms with Crippen molar-refractivity contribution in [2.45, 2.75) is 6.43 Å². The first-order chi connectivity index (χ1) is 9.63. The van der Waals surface area contributed by atoms with Crippen LogP contribution < -0.4 is 0 Å². The first-order valence-corrected chi connectivity index (χ1v) is 6.64. The summed E-state index contributed by atoms with van der Waals surface area (Å²) in [4.78, 5) is 17.6. The second kappa shape index (κ2) is 6.61. The van der Waals surface area contributed by atoms with Gasteiger partial charge >= 0.3 is 0 Å². The van der Waals surface area contributed by atoms with Gasteiger partial charge in [0.1, 0.15) is 0 Å². The van der Waals surface area contributed by atoms with Crippen LogP contribution in [0.2, 0.25) is 0 Å². The Kier molecular flexibility index (Phi) is 4.84. The number of pyridine rings is 1. The highest BCUT2D eigenvalue weighted by Gasteiger charge is 2.20. The van der Waals surface area contributed by atoms with Crippen molar-refractivity contribution >= 4 is 28.4 Å². The predicted molar refractivity (Wildman–Crippen MR) is 74.4 cm³/mol. The predicted octanol–water partition coefficient (Wildman–Crippen LogP) is 3.18. The van der Waals surface area contributed by atoms with E-state index in [9.17, 15) is 13.6 Å². The van der Waals surface area contributed by atoms with Gasteiger partial charge in [-0.2, -0.15) is 0 Å². The van der Waals surface area contributed by atoms with Gasteiger partial charge in [-0.1, -0.05) is 12.1 Å². The Hall–Kier alpha value is -1.75. The van der Waals surface area contributed by atoms with Gasteiger partial charge in [-0.25, -0.2) is 8.78 Å². The Balaban J connectivity index is 2.38. The summed E-state index contributed by atoms with van der Waals surface area (Å²) in [5, 5.41) is 0.647. The van der Waals surface area contributed by atoms with Crippen molar-refractivity contribution in [3.8, 4) is 0 Å². The maximum absolute atomic E-state index is 12.5. The first-order valence-electron chi connectivity index (χ1n) is 6.10. The fourth-order valence-electron chi connectivity index (χ4n) is 2.00. The number of carbonyl (C=O) groups is 1. The Morgan fingerprint density at radius 1 is 1.30 bits per heavy atom. The molecule has 106 valence electrons. The zero-order valence-electron chi connectivity index (χ0n) is 10.6. The minimum absolute atomic E-state index is 0.0847. The molecule has 6 heteroatoms. The van der Waals surface area contributed by atoms with Gasteiger partial charge in [0.05, 0.1) is 12.1 Å². The van der Waals surface area contributed by atoms with Crippen molar-refractivity contribution in [1.82, 2.24) is 9.88 Å². The number of hydrogen-bond donors (Lipinski definition) is 0. The van der Waals surface area contributed by atoms with E-state index in [0.29, 0.717) is 16.5 Å². The maximum Gasteiger partial charge on any atom is 0.255 e. The Morgan fingerprint density at radius 3 is 2.80 bits per heavy atom. The van der Waals surface area contributed by atoms with Crippen LogP contribution in [-0.4, -0.2) is 41.2 Å². The van der Waals surface area contributed by atoms with Crippen LogP contribution in [0.15, 0.2) is 36.5 Å². The molecule has 0 radical (unpaired) electrons. The summed E-state index contributed by atoms with van der Waals surface area (Å²) >= 11 is 5.58. The molecule has 20 heavy (non-hydrogen) atoms. The summed E-state index contributed by atoms with van der Waals surface area (Å²) < 4.78 is 25.1. The number of amides is 1. The van der Waals surface area contributed by atoms with Crippen LogP contribution in [0.5, 0.6) is 0 Å². The van der Waals surface area contributed by atoms with Gasteiger partial charge < -0.3 is 4.90 Å². The molecule has 0 saturated carbocycles. The highest BCUT2D eigenvalue weighted by Crippen LogP contribution is 2.18. The lowest BCUT2D eigenvalue weighted by molar-refractivity contribution is 0.0573. The number of aromatic nitrogens is 1. The number of halogens is 3. The van der Waals surface area contributed by atoms with Gasteiger partial charge in [0.2, 0.25) is 0 Å². The second-order valence-electron chi connectivity index (χ2n) is 4.21. The minimum atomic E-state index is -2.59. The SMILES string of the molecule is O=C(c1cccc2ncccc12)N(CCCl)CC(F)F. The molecule has 0 aliphatic carbocycles. The lowest BCUT2D eigenvalue weighted by Crippen LogP contribution is -2.36. The van der Waals surface area contributed by atoms with Crippen molar-refractivity contribution in [2.75, 3.05) is 19.0 Å². The number of alkyl halides is 3. The second-order valence-corrected chi connectivity index (χ2v) is 4.58. The normalized spacial score (nSPS) is 11.0. The summed E-state index contributed by atoms with van der Waals surface area (Å²) in [5.74, 6) is -0.342. The van der Waals surface area contributed by atoms with E-state index in [0.717, 1.165) is 4.90 Å². The molecule has 0 N–H and O–H groups in total. The fourth-order valence-corrected chi connectivity index (χ4v) is 2.21. The van der Waals surface area contributed by atoms with Crippen molar-refractivity contribution in [1.29, 1.82) is 0 Å². The number of hydrogen-bond acceptors (Lipinski definition) is 2. The Bertz CT molecular complexity index is 601. The van der Waals surface area contributed by atoms with E-state index in [1.54, 1.807) is 36.5 Å². The van der Waals surface area contributed by atoms with E-state index in [-0.39, 0.29) is 12.4 Å². The molecule has 1 aromatic carbocycles. The summed E-state index contributed by atoms with van der Waals surface area (Å²) in [5.41, 5.74) is 1.02. The zero-order chi connectivity index (χ0) is 14.5. The third-order valence-electron chi connectivity index (χ3n) is 2.88. The van der Waals surface area contributed by atoms with Crippen LogP contribution in [-0.2, 0) is 0 Å². The maximum atomic E-state index is 12.5. The molecule has 3 nitrogen and oxygen atoms in total. The molecule has 2 aromatic rings. The number of rotatable bonds is 5. The van der Waals surface area contributed by atoms with E-state index in [1.807, 2.05) is 0 Å². The van der Waals surface area contributed by atoms with E-state index < -0.39 is 18.9 Å². The molecule has 0 fully saturated rings. The van der Waals surface area contributed by atoms with Crippen LogP contribution in [0, 0.1) is 0 Å². The number of benzene rings is 1. The lowest BCUT2D eigenvalue weighted by Gasteiger charge is -2.21. The molecule has 1 heterocycles. The first kappa shape index (κ1) is 14.7. The van der Waals surface area contributed by atoms with Crippen LogP contribution in [0.3, 0.4) is 0 Å². The van der Waals surface area contributed by atoms with Crippen molar-refractivity contribution in [3.63, 3.8) is 0 Å². The lowest BCUT2D eigenvalue weighted by atomic mass is 10.1. The average molecular weight is 299 g/mol. The topological polar surface area (TPSA) is 33.2 Å². The highest BCUT2D eigenvalue weighted by atomic mass is 35.5. The summed E-state index contributed by atoms with van der Waals surface area (Å²) in [7, 11) is 0. The quantitative estimate of drug-likeness (QED) is 0.794. The smallest absolute Gasteiger partial charge is 0.255 e. The monoisotopic (exact) mass is 298 g/mol. The third kappa shape index (κ3) is 3.22. The summed E-state index contributed by atoms with van der Waals surface area (Å²) in [6.45, 7) is -0.538. The Morgan fingerprint density at radius 2 is 2.10 bits per heavy atom. The van der Waals surface area contributed by atoms with Crippen molar-refractivity contribution < 1.29 is 13.6 Å². The van der Waals surface area contributed by atoms with Gasteiger partial charge in [-0.15, -0.1) is 11.6 Å².